The summed E-state index contributed by atoms with van der Waals surface area (Å²) in [5.74, 6) is -13.8. The van der Waals surface area contributed by atoms with Crippen molar-refractivity contribution in [3.05, 3.63) is 65.0 Å². The van der Waals surface area contributed by atoms with Crippen LogP contribution < -0.4 is 4.74 Å². The number of ether oxygens (including phenoxy) is 1. The number of halogens is 5. The molecule has 0 aliphatic carbocycles. The molecule has 0 saturated heterocycles. The predicted molar refractivity (Wildman–Crippen MR) is 62.0 cm³/mol. The Kier molecular flexibility index (Phi) is 4.21. The Balaban J connectivity index is 2.26. The van der Waals surface area contributed by atoms with Gasteiger partial charge in [0.15, 0.2) is 0 Å². The summed E-state index contributed by atoms with van der Waals surface area (Å²) in [7, 11) is 0. The molecule has 0 radical (unpaired) electrons. The van der Waals surface area contributed by atoms with E-state index >= 15 is 0 Å². The number of benzene rings is 2. The van der Waals surface area contributed by atoms with E-state index in [0.717, 1.165) is 0 Å². The first kappa shape index (κ1) is 15.0. The van der Waals surface area contributed by atoms with E-state index in [0.29, 0.717) is 5.56 Å². The maximum Gasteiger partial charge on any atom is 0.315 e. The molecular formula is C14H7F5O2. The van der Waals surface area contributed by atoms with Crippen molar-refractivity contribution in [3.63, 3.8) is 0 Å². The van der Waals surface area contributed by atoms with Crippen LogP contribution in [-0.4, -0.2) is 5.97 Å². The third-order valence-electron chi connectivity index (χ3n) is 2.58. The molecule has 7 heteroatoms. The lowest BCUT2D eigenvalue weighted by Crippen LogP contribution is -2.15. The first-order chi connectivity index (χ1) is 9.91. The maximum absolute atomic E-state index is 13.3. The highest BCUT2D eigenvalue weighted by Crippen LogP contribution is 2.29. The molecule has 0 heterocycles. The average molecular weight is 302 g/mol. The Hall–Kier alpha value is -2.44. The lowest BCUT2D eigenvalue weighted by molar-refractivity contribution is -0.134. The van der Waals surface area contributed by atoms with Gasteiger partial charge in [0.1, 0.15) is 0 Å². The highest BCUT2D eigenvalue weighted by atomic mass is 19.2. The summed E-state index contributed by atoms with van der Waals surface area (Å²) >= 11 is 0. The summed E-state index contributed by atoms with van der Waals surface area (Å²) in [6.07, 6.45) is -0.375. The highest BCUT2D eigenvalue weighted by molar-refractivity contribution is 5.75. The van der Waals surface area contributed by atoms with Gasteiger partial charge in [-0.15, -0.1) is 0 Å². The fraction of sp³-hybridized carbons (Fsp3) is 0.0714. The zero-order valence-corrected chi connectivity index (χ0v) is 10.3. The zero-order chi connectivity index (χ0) is 15.6. The Morgan fingerprint density at radius 3 is 1.81 bits per heavy atom. The predicted octanol–water partition coefficient (Wildman–Crippen LogP) is 3.53. The normalized spacial score (nSPS) is 10.5. The van der Waals surface area contributed by atoms with E-state index in [1.807, 2.05) is 0 Å². The summed E-state index contributed by atoms with van der Waals surface area (Å²) in [4.78, 5) is 11.5. The number of esters is 1. The summed E-state index contributed by atoms with van der Waals surface area (Å²) in [5.41, 5.74) is 0.464. The SMILES string of the molecule is O=C(Cc1ccccc1)Oc1c(F)c(F)c(F)c(F)c1F. The topological polar surface area (TPSA) is 26.3 Å². The van der Waals surface area contributed by atoms with Gasteiger partial charge in [0.2, 0.25) is 34.8 Å². The Morgan fingerprint density at radius 2 is 1.29 bits per heavy atom. The molecule has 2 aromatic carbocycles. The van der Waals surface area contributed by atoms with E-state index in [1.165, 1.54) is 0 Å². The van der Waals surface area contributed by atoms with Gasteiger partial charge in [-0.1, -0.05) is 30.3 Å². The van der Waals surface area contributed by atoms with Crippen molar-refractivity contribution >= 4 is 5.97 Å². The number of rotatable bonds is 3. The molecule has 110 valence electrons. The lowest BCUT2D eigenvalue weighted by Gasteiger charge is -2.08. The quantitative estimate of drug-likeness (QED) is 0.285. The Labute approximate surface area is 115 Å². The summed E-state index contributed by atoms with van der Waals surface area (Å²) in [5, 5.41) is 0. The first-order valence-electron chi connectivity index (χ1n) is 5.68. The maximum atomic E-state index is 13.3. The monoisotopic (exact) mass is 302 g/mol. The molecular weight excluding hydrogens is 295 g/mol. The Morgan fingerprint density at radius 1 is 0.810 bits per heavy atom. The van der Waals surface area contributed by atoms with Crippen molar-refractivity contribution < 1.29 is 31.5 Å². The number of hydrogen-bond acceptors (Lipinski definition) is 2. The minimum atomic E-state index is -2.31. The smallest absolute Gasteiger partial charge is 0.315 e. The summed E-state index contributed by atoms with van der Waals surface area (Å²) in [6.45, 7) is 0. The van der Waals surface area contributed by atoms with Gasteiger partial charge < -0.3 is 4.74 Å². The van der Waals surface area contributed by atoms with Crippen molar-refractivity contribution in [2.45, 2.75) is 6.42 Å². The minimum Gasteiger partial charge on any atom is -0.420 e. The number of carbonyl (C=O) groups excluding carboxylic acids is 1. The zero-order valence-electron chi connectivity index (χ0n) is 10.3. The Bertz CT molecular complexity index is 657. The van der Waals surface area contributed by atoms with E-state index < -0.39 is 40.8 Å². The summed E-state index contributed by atoms with van der Waals surface area (Å²) in [6, 6.07) is 7.99. The van der Waals surface area contributed by atoms with Crippen molar-refractivity contribution in [2.24, 2.45) is 0 Å². The van der Waals surface area contributed by atoms with Crippen LogP contribution in [0.3, 0.4) is 0 Å². The van der Waals surface area contributed by atoms with Gasteiger partial charge in [-0.3, -0.25) is 4.79 Å². The van der Waals surface area contributed by atoms with Crippen LogP contribution in [0.4, 0.5) is 22.0 Å². The van der Waals surface area contributed by atoms with Gasteiger partial charge in [-0.2, -0.15) is 8.78 Å². The third kappa shape index (κ3) is 3.01. The van der Waals surface area contributed by atoms with Crippen LogP contribution >= 0.6 is 0 Å². The molecule has 0 aliphatic heterocycles. The standard InChI is InChI=1S/C14H7F5O2/c15-9-10(16)12(18)14(13(19)11(9)17)21-8(20)6-7-4-2-1-3-5-7/h1-5H,6H2. The van der Waals surface area contributed by atoms with E-state index in [1.54, 1.807) is 30.3 Å². The molecule has 0 bridgehead atoms. The van der Waals surface area contributed by atoms with Crippen molar-refractivity contribution in [3.8, 4) is 5.75 Å². The van der Waals surface area contributed by atoms with Crippen LogP contribution in [0.1, 0.15) is 5.56 Å². The second-order valence-electron chi connectivity index (χ2n) is 4.04. The van der Waals surface area contributed by atoms with Gasteiger partial charge >= 0.3 is 5.97 Å². The van der Waals surface area contributed by atoms with Gasteiger partial charge in [0.05, 0.1) is 6.42 Å². The molecule has 2 nitrogen and oxygen atoms in total. The van der Waals surface area contributed by atoms with Crippen LogP contribution in [0.5, 0.6) is 5.75 Å². The molecule has 0 aliphatic rings. The molecule has 21 heavy (non-hydrogen) atoms. The van der Waals surface area contributed by atoms with E-state index in [4.69, 9.17) is 0 Å². The second kappa shape index (κ2) is 5.90. The van der Waals surface area contributed by atoms with Crippen molar-refractivity contribution in [1.82, 2.24) is 0 Å². The molecule has 0 aromatic heterocycles. The third-order valence-corrected chi connectivity index (χ3v) is 2.58. The molecule has 0 N–H and O–H groups in total. The first-order valence-corrected chi connectivity index (χ1v) is 5.68. The van der Waals surface area contributed by atoms with Crippen LogP contribution in [0, 0.1) is 29.1 Å². The highest BCUT2D eigenvalue weighted by Gasteiger charge is 2.28. The number of hydrogen-bond donors (Lipinski definition) is 0. The minimum absolute atomic E-state index is 0.375. The summed E-state index contributed by atoms with van der Waals surface area (Å²) < 4.78 is 69.5. The van der Waals surface area contributed by atoms with Crippen molar-refractivity contribution in [1.29, 1.82) is 0 Å². The van der Waals surface area contributed by atoms with Gasteiger partial charge in [0, 0.05) is 0 Å². The average Bonchev–Trinajstić information content (AvgIpc) is 2.48. The molecule has 2 aromatic rings. The molecule has 0 fully saturated rings. The van der Waals surface area contributed by atoms with E-state index in [-0.39, 0.29) is 6.42 Å². The van der Waals surface area contributed by atoms with Crippen LogP contribution in [0.2, 0.25) is 0 Å². The molecule has 2 rings (SSSR count). The molecule has 0 saturated carbocycles. The molecule has 0 atom stereocenters. The van der Waals surface area contributed by atoms with E-state index in [9.17, 15) is 26.7 Å². The van der Waals surface area contributed by atoms with Gasteiger partial charge in [0.25, 0.3) is 0 Å². The largest absolute Gasteiger partial charge is 0.420 e. The fourth-order valence-corrected chi connectivity index (χ4v) is 1.59. The molecule has 0 amide bonds. The van der Waals surface area contributed by atoms with Crippen LogP contribution in [0.25, 0.3) is 0 Å². The van der Waals surface area contributed by atoms with Gasteiger partial charge in [-0.05, 0) is 5.56 Å². The molecule has 0 unspecified atom stereocenters. The van der Waals surface area contributed by atoms with Crippen molar-refractivity contribution in [2.75, 3.05) is 0 Å². The lowest BCUT2D eigenvalue weighted by atomic mass is 10.1. The van der Waals surface area contributed by atoms with Gasteiger partial charge in [-0.25, -0.2) is 13.2 Å². The molecule has 0 spiro atoms. The fourth-order valence-electron chi connectivity index (χ4n) is 1.59. The second-order valence-corrected chi connectivity index (χ2v) is 4.04. The van der Waals surface area contributed by atoms with E-state index in [2.05, 4.69) is 4.74 Å². The van der Waals surface area contributed by atoms with Crippen LogP contribution in [-0.2, 0) is 11.2 Å². The number of carbonyl (C=O) groups is 1. The van der Waals surface area contributed by atoms with Crippen LogP contribution in [0.15, 0.2) is 30.3 Å².